The summed E-state index contributed by atoms with van der Waals surface area (Å²) in [6.45, 7) is 13.9. The molecule has 0 heterocycles. The fourth-order valence-electron chi connectivity index (χ4n) is 6.87. The fourth-order valence-corrected chi connectivity index (χ4v) is 6.87. The molecule has 0 radical (unpaired) electrons. The number of hydrogen-bond acceptors (Lipinski definition) is 2. The second-order valence-corrected chi connectivity index (χ2v) is 11.4. The third-order valence-electron chi connectivity index (χ3n) is 9.56. The van der Waals surface area contributed by atoms with Crippen LogP contribution in [0.4, 0.5) is 0 Å². The first kappa shape index (κ1) is 21.8. The molecule has 0 bridgehead atoms. The van der Waals surface area contributed by atoms with E-state index < -0.39 is 5.60 Å². The van der Waals surface area contributed by atoms with Gasteiger partial charge in [0.2, 0.25) is 0 Å². The molecule has 0 aromatic heterocycles. The number of aliphatic hydroxyl groups is 1. The Kier molecular flexibility index (Phi) is 5.33. The van der Waals surface area contributed by atoms with Crippen molar-refractivity contribution in [2.75, 3.05) is 0 Å². The number of rotatable bonds is 4. The molecule has 1 fully saturated rings. The van der Waals surface area contributed by atoms with Crippen molar-refractivity contribution < 1.29 is 9.90 Å². The van der Waals surface area contributed by atoms with Crippen molar-refractivity contribution in [1.82, 2.24) is 0 Å². The van der Waals surface area contributed by atoms with Gasteiger partial charge in [0.15, 0.2) is 5.78 Å². The van der Waals surface area contributed by atoms with Crippen LogP contribution in [-0.2, 0) is 4.79 Å². The zero-order valence-corrected chi connectivity index (χ0v) is 19.8. The highest BCUT2D eigenvalue weighted by molar-refractivity contribution is 5.92. The van der Waals surface area contributed by atoms with Crippen LogP contribution < -0.4 is 0 Å². The van der Waals surface area contributed by atoms with Gasteiger partial charge in [-0.25, -0.2) is 0 Å². The van der Waals surface area contributed by atoms with Gasteiger partial charge in [-0.2, -0.15) is 0 Å². The van der Waals surface area contributed by atoms with Crippen LogP contribution in [0.3, 0.4) is 0 Å². The number of allylic oxidation sites excluding steroid dienone is 5. The summed E-state index contributed by atoms with van der Waals surface area (Å²) in [6, 6.07) is 0. The van der Waals surface area contributed by atoms with Crippen LogP contribution in [-0.4, -0.2) is 16.5 Å². The quantitative estimate of drug-likeness (QED) is 0.534. The van der Waals surface area contributed by atoms with Crippen molar-refractivity contribution in [1.29, 1.82) is 0 Å². The molecule has 0 aliphatic heterocycles. The van der Waals surface area contributed by atoms with Crippen molar-refractivity contribution in [2.45, 2.75) is 85.7 Å². The highest BCUT2D eigenvalue weighted by atomic mass is 16.3. The van der Waals surface area contributed by atoms with Gasteiger partial charge in [-0.3, -0.25) is 4.79 Å². The molecule has 4 aliphatic carbocycles. The van der Waals surface area contributed by atoms with Crippen molar-refractivity contribution >= 4 is 5.78 Å². The molecular formula is C28H40O2. The van der Waals surface area contributed by atoms with E-state index in [0.717, 1.165) is 31.3 Å². The number of fused-ring (bicyclic) bond motifs is 4. The maximum Gasteiger partial charge on any atom is 0.156 e. The Labute approximate surface area is 183 Å². The Hall–Kier alpha value is -1.41. The lowest BCUT2D eigenvalue weighted by molar-refractivity contribution is -0.118. The predicted octanol–water partition coefficient (Wildman–Crippen LogP) is 6.57. The minimum atomic E-state index is -0.830. The largest absolute Gasteiger partial charge is 0.384 e. The highest BCUT2D eigenvalue weighted by Gasteiger charge is 2.60. The van der Waals surface area contributed by atoms with Crippen LogP contribution in [0.25, 0.3) is 0 Å². The summed E-state index contributed by atoms with van der Waals surface area (Å²) in [6.07, 6.45) is 16.4. The molecule has 2 heteroatoms. The molecule has 6 atom stereocenters. The van der Waals surface area contributed by atoms with Crippen LogP contribution in [0.2, 0.25) is 0 Å². The number of carbonyl (C=O) groups is 1. The summed E-state index contributed by atoms with van der Waals surface area (Å²) in [7, 11) is 0. The number of ketones is 1. The third kappa shape index (κ3) is 3.05. The molecule has 2 nitrogen and oxygen atoms in total. The first-order valence-corrected chi connectivity index (χ1v) is 12.1. The van der Waals surface area contributed by atoms with E-state index >= 15 is 0 Å². The standard InChI is InChI=1S/C28H40O2/c1-18(2)19(3)7-8-20(4)23-11-12-24-25-10-9-21-17-22(29)13-14-27(21,6)28(25,30)16-15-26(23,24)5/h7-10,17-20,23,30H,11-16H2,1-6H3/b8-7+/t19-,20+,23?,26+,27-,28+/m0/s1. The van der Waals surface area contributed by atoms with Crippen LogP contribution >= 0.6 is 0 Å². The molecular weight excluding hydrogens is 368 g/mol. The molecule has 0 spiro atoms. The van der Waals surface area contributed by atoms with Gasteiger partial charge in [-0.1, -0.05) is 71.4 Å². The molecule has 1 saturated carbocycles. The van der Waals surface area contributed by atoms with Crippen LogP contribution in [0.15, 0.2) is 47.1 Å². The number of carbonyl (C=O) groups excluding carboxylic acids is 1. The summed E-state index contributed by atoms with van der Waals surface area (Å²) >= 11 is 0. The zero-order valence-electron chi connectivity index (χ0n) is 19.8. The number of hydrogen-bond donors (Lipinski definition) is 1. The molecule has 1 unspecified atom stereocenters. The van der Waals surface area contributed by atoms with E-state index in [4.69, 9.17) is 0 Å². The Morgan fingerprint density at radius 1 is 1.03 bits per heavy atom. The van der Waals surface area contributed by atoms with E-state index in [1.807, 2.05) is 0 Å². The van der Waals surface area contributed by atoms with E-state index in [0.29, 0.717) is 30.1 Å². The zero-order chi connectivity index (χ0) is 21.9. The van der Waals surface area contributed by atoms with Crippen molar-refractivity contribution in [3.63, 3.8) is 0 Å². The third-order valence-corrected chi connectivity index (χ3v) is 9.56. The summed E-state index contributed by atoms with van der Waals surface area (Å²) in [5, 5.41) is 12.1. The van der Waals surface area contributed by atoms with Crippen molar-refractivity contribution in [3.05, 3.63) is 47.1 Å². The molecule has 30 heavy (non-hydrogen) atoms. The average molecular weight is 409 g/mol. The second-order valence-electron chi connectivity index (χ2n) is 11.4. The molecule has 0 saturated heterocycles. The fraction of sp³-hybridized carbons (Fsp3) is 0.679. The Morgan fingerprint density at radius 3 is 2.47 bits per heavy atom. The first-order valence-electron chi connectivity index (χ1n) is 12.1. The van der Waals surface area contributed by atoms with Gasteiger partial charge in [-0.15, -0.1) is 0 Å². The Morgan fingerprint density at radius 2 is 1.77 bits per heavy atom. The van der Waals surface area contributed by atoms with E-state index in [2.05, 4.69) is 65.8 Å². The first-order chi connectivity index (χ1) is 14.0. The van der Waals surface area contributed by atoms with Gasteiger partial charge in [-0.05, 0) is 78.4 Å². The van der Waals surface area contributed by atoms with E-state index in [1.165, 1.54) is 17.6 Å². The minimum Gasteiger partial charge on any atom is -0.384 e. The van der Waals surface area contributed by atoms with Crippen LogP contribution in [0.1, 0.15) is 80.1 Å². The summed E-state index contributed by atoms with van der Waals surface area (Å²) in [5.41, 5.74) is 2.70. The Bertz CT molecular complexity index is 856. The van der Waals surface area contributed by atoms with Gasteiger partial charge >= 0.3 is 0 Å². The van der Waals surface area contributed by atoms with Crippen molar-refractivity contribution in [3.8, 4) is 0 Å². The molecule has 4 aliphatic rings. The van der Waals surface area contributed by atoms with Crippen molar-refractivity contribution in [2.24, 2.45) is 34.5 Å². The van der Waals surface area contributed by atoms with Crippen LogP contribution in [0, 0.1) is 34.5 Å². The van der Waals surface area contributed by atoms with Gasteiger partial charge in [0.1, 0.15) is 0 Å². The molecule has 164 valence electrons. The van der Waals surface area contributed by atoms with Gasteiger partial charge in [0.05, 0.1) is 5.60 Å². The highest BCUT2D eigenvalue weighted by Crippen LogP contribution is 2.65. The maximum atomic E-state index is 12.1. The van der Waals surface area contributed by atoms with E-state index in [1.54, 1.807) is 6.08 Å². The Balaban J connectivity index is 1.70. The molecule has 1 N–H and O–H groups in total. The average Bonchev–Trinajstić information content (AvgIpc) is 3.04. The lowest BCUT2D eigenvalue weighted by Gasteiger charge is -2.56. The monoisotopic (exact) mass is 408 g/mol. The van der Waals surface area contributed by atoms with E-state index in [9.17, 15) is 9.90 Å². The predicted molar refractivity (Wildman–Crippen MR) is 124 cm³/mol. The molecule has 0 amide bonds. The second kappa shape index (κ2) is 7.33. The lowest BCUT2D eigenvalue weighted by atomic mass is 9.51. The lowest BCUT2D eigenvalue weighted by Crippen LogP contribution is -2.55. The minimum absolute atomic E-state index is 0.165. The van der Waals surface area contributed by atoms with E-state index in [-0.39, 0.29) is 16.6 Å². The van der Waals surface area contributed by atoms with Gasteiger partial charge in [0, 0.05) is 11.8 Å². The maximum absolute atomic E-state index is 12.1. The normalized spacial score (nSPS) is 40.3. The topological polar surface area (TPSA) is 37.3 Å². The van der Waals surface area contributed by atoms with Gasteiger partial charge in [0.25, 0.3) is 0 Å². The molecule has 4 rings (SSSR count). The van der Waals surface area contributed by atoms with Crippen LogP contribution in [0.5, 0.6) is 0 Å². The summed E-state index contributed by atoms with van der Waals surface area (Å²) in [4.78, 5) is 12.0. The smallest absolute Gasteiger partial charge is 0.156 e. The summed E-state index contributed by atoms with van der Waals surface area (Å²) in [5.74, 6) is 2.66. The van der Waals surface area contributed by atoms with Gasteiger partial charge < -0.3 is 5.11 Å². The molecule has 0 aromatic carbocycles. The molecule has 0 aromatic rings. The summed E-state index contributed by atoms with van der Waals surface area (Å²) < 4.78 is 0. The SMILES string of the molecule is CC(C)[C@@H](C)/C=C/[C@@H](C)C1CCC2=C3C=CC4=CC(=O)CC[C@]4(C)[C@@]3(O)CC[C@@]21C.